The van der Waals surface area contributed by atoms with Gasteiger partial charge in [-0.2, -0.15) is 0 Å². The number of nitrogens with one attached hydrogen (secondary N) is 1. The van der Waals surface area contributed by atoms with E-state index in [1.807, 2.05) is 30.5 Å². The summed E-state index contributed by atoms with van der Waals surface area (Å²) >= 11 is 0. The molecule has 1 aliphatic heterocycles. The normalized spacial score (nSPS) is 17.3. The number of H-pyrrole nitrogens is 1. The van der Waals surface area contributed by atoms with E-state index in [2.05, 4.69) is 29.2 Å². The fourth-order valence-corrected chi connectivity index (χ4v) is 3.28. The molecule has 5 nitrogen and oxygen atoms in total. The molecule has 1 saturated heterocycles. The summed E-state index contributed by atoms with van der Waals surface area (Å²) in [5.41, 5.74) is 4.00. The summed E-state index contributed by atoms with van der Waals surface area (Å²) in [6, 6.07) is 16.1. The predicted octanol–water partition coefficient (Wildman–Crippen LogP) is 3.32. The van der Waals surface area contributed by atoms with Gasteiger partial charge in [0.2, 0.25) is 0 Å². The fraction of sp³-hybridized carbons (Fsp3) is 0.286. The van der Waals surface area contributed by atoms with Gasteiger partial charge in [0, 0.05) is 30.9 Å². The number of aromatic amines is 1. The molecule has 0 unspecified atom stereocenters. The van der Waals surface area contributed by atoms with E-state index in [1.165, 1.54) is 5.39 Å². The van der Waals surface area contributed by atoms with Gasteiger partial charge in [0.15, 0.2) is 0 Å². The highest BCUT2D eigenvalue weighted by Gasteiger charge is 2.20. The van der Waals surface area contributed by atoms with Gasteiger partial charge in [-0.3, -0.25) is 4.79 Å². The molecule has 4 rings (SSSR count). The van der Waals surface area contributed by atoms with Crippen LogP contribution in [0.2, 0.25) is 0 Å². The van der Waals surface area contributed by atoms with Crippen molar-refractivity contribution in [2.45, 2.75) is 6.10 Å². The lowest BCUT2D eigenvalue weighted by Crippen LogP contribution is -2.40. The summed E-state index contributed by atoms with van der Waals surface area (Å²) < 4.78 is 11.0. The molecule has 0 aliphatic carbocycles. The number of rotatable bonds is 4. The van der Waals surface area contributed by atoms with Crippen LogP contribution in [-0.4, -0.2) is 55.3 Å². The van der Waals surface area contributed by atoms with Crippen molar-refractivity contribution in [2.24, 2.45) is 0 Å². The third kappa shape index (κ3) is 3.49. The number of ether oxygens (including phenoxy) is 2. The maximum absolute atomic E-state index is 12.6. The SMILES string of the molecule is CN(C[C@H]1COCCO1)C(=O)c1ccc(-c2ccc3cc[nH]c3c2)cc1. The first-order chi connectivity index (χ1) is 12.7. The summed E-state index contributed by atoms with van der Waals surface area (Å²) in [6.07, 6.45) is 1.89. The Kier molecular flexibility index (Phi) is 4.73. The van der Waals surface area contributed by atoms with Crippen LogP contribution in [0.5, 0.6) is 0 Å². The molecule has 1 amide bonds. The lowest BCUT2D eigenvalue weighted by Gasteiger charge is -2.27. The van der Waals surface area contributed by atoms with Crippen molar-refractivity contribution in [3.63, 3.8) is 0 Å². The minimum Gasteiger partial charge on any atom is -0.376 e. The lowest BCUT2D eigenvalue weighted by atomic mass is 10.0. The Morgan fingerprint density at radius 1 is 1.12 bits per heavy atom. The molecule has 0 spiro atoms. The second-order valence-corrected chi connectivity index (χ2v) is 6.61. The van der Waals surface area contributed by atoms with Gasteiger partial charge in [0.25, 0.3) is 5.91 Å². The number of carbonyl (C=O) groups is 1. The molecule has 2 heterocycles. The molecule has 3 aromatic rings. The number of aromatic nitrogens is 1. The Morgan fingerprint density at radius 2 is 1.92 bits per heavy atom. The van der Waals surface area contributed by atoms with Crippen molar-refractivity contribution < 1.29 is 14.3 Å². The third-order valence-corrected chi connectivity index (χ3v) is 4.73. The van der Waals surface area contributed by atoms with Crippen LogP contribution in [0.25, 0.3) is 22.0 Å². The minimum atomic E-state index is -0.0514. The number of hydrogen-bond donors (Lipinski definition) is 1. The maximum Gasteiger partial charge on any atom is 0.253 e. The number of likely N-dealkylation sites (N-methyl/N-ethyl adjacent to an activating group) is 1. The first kappa shape index (κ1) is 16.8. The summed E-state index contributed by atoms with van der Waals surface area (Å²) in [7, 11) is 1.80. The topological polar surface area (TPSA) is 54.6 Å². The molecule has 5 heteroatoms. The number of carbonyl (C=O) groups excluding carboxylic acids is 1. The monoisotopic (exact) mass is 350 g/mol. The van der Waals surface area contributed by atoms with E-state index < -0.39 is 0 Å². The highest BCUT2D eigenvalue weighted by molar-refractivity contribution is 5.94. The summed E-state index contributed by atoms with van der Waals surface area (Å²) in [5, 5.41) is 1.19. The van der Waals surface area contributed by atoms with E-state index in [-0.39, 0.29) is 12.0 Å². The largest absolute Gasteiger partial charge is 0.376 e. The maximum atomic E-state index is 12.6. The van der Waals surface area contributed by atoms with Gasteiger partial charge in [-0.05, 0) is 40.8 Å². The van der Waals surface area contributed by atoms with Crippen LogP contribution < -0.4 is 0 Å². The summed E-state index contributed by atoms with van der Waals surface area (Å²) in [4.78, 5) is 17.6. The Hall–Kier alpha value is -2.63. The van der Waals surface area contributed by atoms with Crippen molar-refractivity contribution in [3.8, 4) is 11.1 Å². The van der Waals surface area contributed by atoms with Crippen LogP contribution in [0, 0.1) is 0 Å². The van der Waals surface area contributed by atoms with E-state index >= 15 is 0 Å². The summed E-state index contributed by atoms with van der Waals surface area (Å²) in [5.74, 6) is -0.00876. The predicted molar refractivity (Wildman–Crippen MR) is 101 cm³/mol. The Morgan fingerprint density at radius 3 is 2.69 bits per heavy atom. The van der Waals surface area contributed by atoms with Crippen LogP contribution in [0.15, 0.2) is 54.7 Å². The zero-order valence-electron chi connectivity index (χ0n) is 14.8. The molecule has 1 N–H and O–H groups in total. The van der Waals surface area contributed by atoms with Crippen molar-refractivity contribution >= 4 is 16.8 Å². The van der Waals surface area contributed by atoms with E-state index in [1.54, 1.807) is 11.9 Å². The van der Waals surface area contributed by atoms with Crippen LogP contribution in [-0.2, 0) is 9.47 Å². The van der Waals surface area contributed by atoms with Crippen molar-refractivity contribution in [1.82, 2.24) is 9.88 Å². The zero-order valence-corrected chi connectivity index (χ0v) is 14.8. The molecule has 26 heavy (non-hydrogen) atoms. The average molecular weight is 350 g/mol. The van der Waals surface area contributed by atoms with Crippen molar-refractivity contribution in [2.75, 3.05) is 33.4 Å². The van der Waals surface area contributed by atoms with Gasteiger partial charge < -0.3 is 19.4 Å². The lowest BCUT2D eigenvalue weighted by molar-refractivity contribution is -0.0933. The van der Waals surface area contributed by atoms with Gasteiger partial charge in [-0.15, -0.1) is 0 Å². The molecular formula is C21H22N2O3. The van der Waals surface area contributed by atoms with Crippen molar-refractivity contribution in [1.29, 1.82) is 0 Å². The second-order valence-electron chi connectivity index (χ2n) is 6.61. The number of amides is 1. The first-order valence-corrected chi connectivity index (χ1v) is 8.83. The minimum absolute atomic E-state index is 0.00876. The molecular weight excluding hydrogens is 328 g/mol. The molecule has 0 bridgehead atoms. The van der Waals surface area contributed by atoms with Gasteiger partial charge in [0.05, 0.1) is 25.9 Å². The molecule has 1 aromatic heterocycles. The van der Waals surface area contributed by atoms with Crippen molar-refractivity contribution in [3.05, 3.63) is 60.3 Å². The molecule has 0 saturated carbocycles. The Labute approximate surface area is 152 Å². The number of benzene rings is 2. The Balaban J connectivity index is 1.46. The Bertz CT molecular complexity index is 895. The van der Waals surface area contributed by atoms with E-state index in [0.29, 0.717) is 31.9 Å². The van der Waals surface area contributed by atoms with Gasteiger partial charge in [-0.25, -0.2) is 0 Å². The molecule has 1 aliphatic rings. The van der Waals surface area contributed by atoms with E-state index in [0.717, 1.165) is 16.6 Å². The third-order valence-electron chi connectivity index (χ3n) is 4.73. The van der Waals surface area contributed by atoms with Gasteiger partial charge >= 0.3 is 0 Å². The smallest absolute Gasteiger partial charge is 0.253 e. The van der Waals surface area contributed by atoms with Crippen LogP contribution in [0.1, 0.15) is 10.4 Å². The molecule has 2 aromatic carbocycles. The second kappa shape index (κ2) is 7.32. The van der Waals surface area contributed by atoms with E-state index in [4.69, 9.17) is 9.47 Å². The highest BCUT2D eigenvalue weighted by atomic mass is 16.6. The van der Waals surface area contributed by atoms with Gasteiger partial charge in [0.1, 0.15) is 0 Å². The zero-order chi connectivity index (χ0) is 17.9. The molecule has 0 radical (unpaired) electrons. The fourth-order valence-electron chi connectivity index (χ4n) is 3.28. The first-order valence-electron chi connectivity index (χ1n) is 8.83. The highest BCUT2D eigenvalue weighted by Crippen LogP contribution is 2.24. The van der Waals surface area contributed by atoms with Gasteiger partial charge in [-0.1, -0.05) is 24.3 Å². The van der Waals surface area contributed by atoms with Crippen LogP contribution in [0.4, 0.5) is 0 Å². The number of nitrogens with zero attached hydrogens (tertiary/aromatic N) is 1. The quantitative estimate of drug-likeness (QED) is 0.785. The van der Waals surface area contributed by atoms with E-state index in [9.17, 15) is 4.79 Å². The summed E-state index contributed by atoms with van der Waals surface area (Å²) in [6.45, 7) is 2.29. The standard InChI is InChI=1S/C21H22N2O3/c1-23(13-19-14-25-10-11-26-19)21(24)17-5-2-15(3-6-17)18-7-4-16-8-9-22-20(16)12-18/h2-9,12,19,22H,10-11,13-14H2,1H3/t19-/m0/s1. The van der Waals surface area contributed by atoms with Crippen LogP contribution >= 0.6 is 0 Å². The average Bonchev–Trinajstić information content (AvgIpc) is 3.16. The number of fused-ring (bicyclic) bond motifs is 1. The molecule has 134 valence electrons. The number of hydrogen-bond acceptors (Lipinski definition) is 3. The molecule has 1 fully saturated rings. The molecule has 1 atom stereocenters. The van der Waals surface area contributed by atoms with Crippen LogP contribution in [0.3, 0.4) is 0 Å².